The third-order valence-electron chi connectivity index (χ3n) is 4.16. The number of rotatable bonds is 4. The fourth-order valence-corrected chi connectivity index (χ4v) is 2.78. The third-order valence-corrected chi connectivity index (χ3v) is 4.16. The highest BCUT2D eigenvalue weighted by atomic mass is 16.6. The summed E-state index contributed by atoms with van der Waals surface area (Å²) < 4.78 is 15.5. The molecule has 0 fully saturated rings. The SMILES string of the molecule is Cc1nnc(-c2ccc(-c3cc(NC(=O)Oc4ccoc4)ccc3C)cc2)o1. The second-order valence-corrected chi connectivity index (χ2v) is 6.21. The normalized spacial score (nSPS) is 10.6. The van der Waals surface area contributed by atoms with Crippen LogP contribution in [0.3, 0.4) is 0 Å². The average molecular weight is 375 g/mol. The van der Waals surface area contributed by atoms with Gasteiger partial charge < -0.3 is 13.6 Å². The van der Waals surface area contributed by atoms with E-state index < -0.39 is 6.09 Å². The van der Waals surface area contributed by atoms with Crippen LogP contribution in [0.25, 0.3) is 22.6 Å². The molecule has 2 aromatic carbocycles. The van der Waals surface area contributed by atoms with Gasteiger partial charge in [-0.1, -0.05) is 18.2 Å². The first-order chi connectivity index (χ1) is 13.6. The van der Waals surface area contributed by atoms with Crippen molar-refractivity contribution in [3.05, 3.63) is 72.5 Å². The van der Waals surface area contributed by atoms with Gasteiger partial charge in [0.25, 0.3) is 0 Å². The van der Waals surface area contributed by atoms with E-state index in [1.54, 1.807) is 13.0 Å². The molecule has 140 valence electrons. The van der Waals surface area contributed by atoms with Gasteiger partial charge in [0.2, 0.25) is 11.8 Å². The smallest absolute Gasteiger partial charge is 0.417 e. The summed E-state index contributed by atoms with van der Waals surface area (Å²) in [5.74, 6) is 1.35. The van der Waals surface area contributed by atoms with Gasteiger partial charge in [0, 0.05) is 24.2 Å². The van der Waals surface area contributed by atoms with E-state index in [-0.39, 0.29) is 0 Å². The molecule has 28 heavy (non-hydrogen) atoms. The Hall–Kier alpha value is -3.87. The summed E-state index contributed by atoms with van der Waals surface area (Å²) in [6.45, 7) is 3.77. The molecule has 0 aliphatic rings. The monoisotopic (exact) mass is 375 g/mol. The topological polar surface area (TPSA) is 90.4 Å². The maximum absolute atomic E-state index is 12.0. The molecular formula is C21H17N3O4. The predicted octanol–water partition coefficient (Wildman–Crippen LogP) is 5.22. The van der Waals surface area contributed by atoms with Gasteiger partial charge in [0.1, 0.15) is 6.26 Å². The molecule has 0 atom stereocenters. The van der Waals surface area contributed by atoms with Gasteiger partial charge in [-0.15, -0.1) is 10.2 Å². The van der Waals surface area contributed by atoms with Crippen molar-refractivity contribution in [3.63, 3.8) is 0 Å². The van der Waals surface area contributed by atoms with Crippen LogP contribution in [0.4, 0.5) is 10.5 Å². The molecule has 0 saturated carbocycles. The van der Waals surface area contributed by atoms with Gasteiger partial charge in [-0.25, -0.2) is 4.79 Å². The first-order valence-electron chi connectivity index (χ1n) is 8.61. The molecule has 0 aliphatic heterocycles. The number of carbonyl (C=O) groups is 1. The molecule has 0 spiro atoms. The number of furan rings is 1. The van der Waals surface area contributed by atoms with E-state index in [0.29, 0.717) is 23.2 Å². The highest BCUT2D eigenvalue weighted by molar-refractivity contribution is 5.87. The largest absolute Gasteiger partial charge is 0.469 e. The van der Waals surface area contributed by atoms with E-state index in [0.717, 1.165) is 22.3 Å². The van der Waals surface area contributed by atoms with E-state index in [2.05, 4.69) is 15.5 Å². The maximum atomic E-state index is 12.0. The van der Waals surface area contributed by atoms with E-state index in [1.807, 2.05) is 49.4 Å². The first-order valence-corrected chi connectivity index (χ1v) is 8.61. The molecule has 4 aromatic rings. The number of anilines is 1. The van der Waals surface area contributed by atoms with Crippen molar-refractivity contribution in [1.29, 1.82) is 0 Å². The van der Waals surface area contributed by atoms with Gasteiger partial charge in [-0.2, -0.15) is 0 Å². The Morgan fingerprint density at radius 2 is 1.79 bits per heavy atom. The molecule has 7 heteroatoms. The van der Waals surface area contributed by atoms with E-state index >= 15 is 0 Å². The zero-order valence-electron chi connectivity index (χ0n) is 15.3. The molecule has 0 unspecified atom stereocenters. The molecule has 0 bridgehead atoms. The molecular weight excluding hydrogens is 358 g/mol. The fraction of sp³-hybridized carbons (Fsp3) is 0.0952. The quantitative estimate of drug-likeness (QED) is 0.526. The lowest BCUT2D eigenvalue weighted by Crippen LogP contribution is -2.16. The molecule has 2 aromatic heterocycles. The number of aryl methyl sites for hydroxylation is 2. The highest BCUT2D eigenvalue weighted by Crippen LogP contribution is 2.29. The second kappa shape index (κ2) is 7.40. The number of nitrogens with one attached hydrogen (secondary N) is 1. The lowest BCUT2D eigenvalue weighted by atomic mass is 9.99. The number of hydrogen-bond acceptors (Lipinski definition) is 6. The summed E-state index contributed by atoms with van der Waals surface area (Å²) >= 11 is 0. The molecule has 1 N–H and O–H groups in total. The van der Waals surface area contributed by atoms with Gasteiger partial charge in [0.15, 0.2) is 5.75 Å². The summed E-state index contributed by atoms with van der Waals surface area (Å²) in [6, 6.07) is 15.0. The summed E-state index contributed by atoms with van der Waals surface area (Å²) in [7, 11) is 0. The second-order valence-electron chi connectivity index (χ2n) is 6.21. The average Bonchev–Trinajstić information content (AvgIpc) is 3.35. The summed E-state index contributed by atoms with van der Waals surface area (Å²) in [5, 5.41) is 10.6. The highest BCUT2D eigenvalue weighted by Gasteiger charge is 2.10. The minimum atomic E-state index is -0.585. The molecule has 0 aliphatic carbocycles. The van der Waals surface area contributed by atoms with Crippen molar-refractivity contribution in [1.82, 2.24) is 10.2 Å². The van der Waals surface area contributed by atoms with Crippen molar-refractivity contribution in [2.75, 3.05) is 5.32 Å². The minimum absolute atomic E-state index is 0.344. The first kappa shape index (κ1) is 17.5. The van der Waals surface area contributed by atoms with Crippen LogP contribution in [0.5, 0.6) is 5.75 Å². The predicted molar refractivity (Wildman–Crippen MR) is 103 cm³/mol. The van der Waals surface area contributed by atoms with Crippen LogP contribution >= 0.6 is 0 Å². The Bertz CT molecular complexity index is 1100. The number of hydrogen-bond donors (Lipinski definition) is 1. The fourth-order valence-electron chi connectivity index (χ4n) is 2.78. The number of carbonyl (C=O) groups excluding carboxylic acids is 1. The molecule has 7 nitrogen and oxygen atoms in total. The Labute approximate surface area is 161 Å². The van der Waals surface area contributed by atoms with Crippen molar-refractivity contribution < 1.29 is 18.4 Å². The van der Waals surface area contributed by atoms with Gasteiger partial charge in [0.05, 0.1) is 6.26 Å². The Balaban J connectivity index is 1.54. The van der Waals surface area contributed by atoms with Crippen LogP contribution in [0.15, 0.2) is 69.9 Å². The van der Waals surface area contributed by atoms with Crippen LogP contribution in [0, 0.1) is 13.8 Å². The van der Waals surface area contributed by atoms with Crippen molar-refractivity contribution >= 4 is 11.8 Å². The zero-order chi connectivity index (χ0) is 19.5. The van der Waals surface area contributed by atoms with Crippen molar-refractivity contribution in [2.45, 2.75) is 13.8 Å². The Morgan fingerprint density at radius 3 is 2.46 bits per heavy atom. The summed E-state index contributed by atoms with van der Waals surface area (Å²) in [4.78, 5) is 12.0. The van der Waals surface area contributed by atoms with Gasteiger partial charge in [-0.05, 0) is 47.9 Å². The Kier molecular flexibility index (Phi) is 4.63. The number of benzene rings is 2. The number of nitrogens with zero attached hydrogens (tertiary/aromatic N) is 2. The molecule has 4 rings (SSSR count). The van der Waals surface area contributed by atoms with Crippen LogP contribution in [0.2, 0.25) is 0 Å². The lowest BCUT2D eigenvalue weighted by molar-refractivity contribution is 0.214. The molecule has 1 amide bonds. The lowest BCUT2D eigenvalue weighted by Gasteiger charge is -2.11. The standard InChI is InChI=1S/C21H17N3O4/c1-13-3-8-17(22-21(25)28-18-9-10-26-12-18)11-19(13)15-4-6-16(7-5-15)20-24-23-14(2)27-20/h3-12H,1-2H3,(H,22,25). The third kappa shape index (κ3) is 3.78. The van der Waals surface area contributed by atoms with Gasteiger partial charge in [-0.3, -0.25) is 5.32 Å². The van der Waals surface area contributed by atoms with E-state index in [4.69, 9.17) is 13.6 Å². The maximum Gasteiger partial charge on any atom is 0.417 e. The molecule has 0 saturated heterocycles. The number of aromatic nitrogens is 2. The van der Waals surface area contributed by atoms with E-state index in [1.165, 1.54) is 12.5 Å². The number of ether oxygens (including phenoxy) is 1. The van der Waals surface area contributed by atoms with Crippen molar-refractivity contribution in [2.24, 2.45) is 0 Å². The van der Waals surface area contributed by atoms with Crippen LogP contribution in [-0.4, -0.2) is 16.3 Å². The minimum Gasteiger partial charge on any atom is -0.469 e. The molecule has 2 heterocycles. The Morgan fingerprint density at radius 1 is 1.00 bits per heavy atom. The van der Waals surface area contributed by atoms with Crippen LogP contribution in [-0.2, 0) is 0 Å². The van der Waals surface area contributed by atoms with E-state index in [9.17, 15) is 4.79 Å². The zero-order valence-corrected chi connectivity index (χ0v) is 15.3. The van der Waals surface area contributed by atoms with Crippen LogP contribution < -0.4 is 10.1 Å². The summed E-state index contributed by atoms with van der Waals surface area (Å²) in [6.07, 6.45) is 2.21. The van der Waals surface area contributed by atoms with Gasteiger partial charge >= 0.3 is 6.09 Å². The summed E-state index contributed by atoms with van der Waals surface area (Å²) in [5.41, 5.74) is 4.56. The van der Waals surface area contributed by atoms with Crippen LogP contribution in [0.1, 0.15) is 11.5 Å². The molecule has 0 radical (unpaired) electrons. The van der Waals surface area contributed by atoms with Crippen molar-refractivity contribution in [3.8, 4) is 28.3 Å². The number of amides is 1.